The second-order valence-corrected chi connectivity index (χ2v) is 7.09. The highest BCUT2D eigenvalue weighted by atomic mass is 16.5. The predicted molar refractivity (Wildman–Crippen MR) is 114 cm³/mol. The quantitative estimate of drug-likeness (QED) is 0.675. The number of amides is 1. The molecule has 3 aromatic rings. The van der Waals surface area contributed by atoms with E-state index in [4.69, 9.17) is 9.47 Å². The monoisotopic (exact) mass is 405 g/mol. The number of ether oxygens (including phenoxy) is 2. The molecule has 0 aromatic heterocycles. The van der Waals surface area contributed by atoms with E-state index in [0.717, 1.165) is 11.3 Å². The molecule has 1 aliphatic rings. The Balaban J connectivity index is 2.11. The van der Waals surface area contributed by atoms with E-state index in [1.54, 1.807) is 29.2 Å². The molecular weight excluding hydrogens is 382 g/mol. The van der Waals surface area contributed by atoms with E-state index in [0.29, 0.717) is 17.7 Å². The number of hydrogen-bond acceptors (Lipinski definition) is 5. The summed E-state index contributed by atoms with van der Waals surface area (Å²) in [4.78, 5) is 15.7. The zero-order chi connectivity index (χ0) is 21.5. The van der Waals surface area contributed by atoms with Crippen molar-refractivity contribution in [1.82, 2.24) is 0 Å². The van der Waals surface area contributed by atoms with Gasteiger partial charge in [-0.25, -0.2) is 0 Å². The number of phenols is 2. The summed E-state index contributed by atoms with van der Waals surface area (Å²) in [6.07, 6.45) is 0. The van der Waals surface area contributed by atoms with Crippen molar-refractivity contribution < 1.29 is 24.5 Å². The molecule has 1 heterocycles. The molecule has 0 atom stereocenters. The Bertz CT molecular complexity index is 1070. The van der Waals surface area contributed by atoms with Gasteiger partial charge in [-0.3, -0.25) is 4.79 Å². The van der Waals surface area contributed by atoms with Gasteiger partial charge in [0, 0.05) is 17.8 Å². The lowest BCUT2D eigenvalue weighted by atomic mass is 9.70. The molecule has 0 unspecified atom stereocenters. The first-order chi connectivity index (χ1) is 14.5. The molecule has 6 heteroatoms. The molecule has 0 saturated carbocycles. The first-order valence-electron chi connectivity index (χ1n) is 9.65. The van der Waals surface area contributed by atoms with Gasteiger partial charge >= 0.3 is 0 Å². The van der Waals surface area contributed by atoms with E-state index in [9.17, 15) is 15.0 Å². The number of rotatable bonds is 5. The van der Waals surface area contributed by atoms with Crippen LogP contribution in [0.4, 0.5) is 5.69 Å². The molecule has 0 bridgehead atoms. The number of aromatic hydroxyl groups is 2. The van der Waals surface area contributed by atoms with Crippen molar-refractivity contribution in [2.45, 2.75) is 12.3 Å². The lowest BCUT2D eigenvalue weighted by Crippen LogP contribution is -2.42. The fraction of sp³-hybridized carbons (Fsp3) is 0.208. The van der Waals surface area contributed by atoms with Gasteiger partial charge in [0.1, 0.15) is 5.41 Å². The van der Waals surface area contributed by atoms with Crippen LogP contribution in [0.2, 0.25) is 0 Å². The Morgan fingerprint density at radius 1 is 0.867 bits per heavy atom. The molecule has 1 amide bonds. The molecule has 0 saturated heterocycles. The van der Waals surface area contributed by atoms with Crippen LogP contribution >= 0.6 is 0 Å². The van der Waals surface area contributed by atoms with E-state index in [1.807, 2.05) is 31.2 Å². The van der Waals surface area contributed by atoms with Gasteiger partial charge in [0.25, 0.3) is 0 Å². The molecular formula is C24H23NO5. The van der Waals surface area contributed by atoms with Crippen LogP contribution in [0, 0.1) is 0 Å². The predicted octanol–water partition coefficient (Wildman–Crippen LogP) is 3.82. The van der Waals surface area contributed by atoms with Crippen LogP contribution in [0.15, 0.2) is 60.7 Å². The number of likely N-dealkylation sites (N-methyl/N-ethyl adjacent to an activating group) is 1. The smallest absolute Gasteiger partial charge is 0.246 e. The molecule has 30 heavy (non-hydrogen) atoms. The topological polar surface area (TPSA) is 79.2 Å². The summed E-state index contributed by atoms with van der Waals surface area (Å²) in [6, 6.07) is 17.5. The Morgan fingerprint density at radius 2 is 1.40 bits per heavy atom. The molecule has 0 radical (unpaired) electrons. The summed E-state index contributed by atoms with van der Waals surface area (Å²) in [5, 5.41) is 20.3. The second-order valence-electron chi connectivity index (χ2n) is 7.09. The molecule has 154 valence electrons. The Labute approximate surface area is 174 Å². The van der Waals surface area contributed by atoms with E-state index >= 15 is 0 Å². The average molecular weight is 405 g/mol. The van der Waals surface area contributed by atoms with Crippen LogP contribution in [0.3, 0.4) is 0 Å². The van der Waals surface area contributed by atoms with Gasteiger partial charge in [-0.05, 0) is 48.4 Å². The second kappa shape index (κ2) is 7.30. The van der Waals surface area contributed by atoms with E-state index in [2.05, 4.69) is 0 Å². The van der Waals surface area contributed by atoms with Gasteiger partial charge in [-0.15, -0.1) is 0 Å². The standard InChI is InChI=1S/C24H23NO5/c1-4-25-18-8-6-5-7-17(18)24(23(25)28,15-9-11-19(26)21(13-15)29-2)16-10-12-20(27)22(14-16)30-3/h5-14,26-27H,4H2,1-3H3. The largest absolute Gasteiger partial charge is 0.504 e. The Kier molecular flexibility index (Phi) is 4.78. The molecule has 1 aliphatic heterocycles. The third kappa shape index (κ3) is 2.60. The van der Waals surface area contributed by atoms with Crippen LogP contribution in [-0.2, 0) is 10.2 Å². The maximum Gasteiger partial charge on any atom is 0.246 e. The van der Waals surface area contributed by atoms with Gasteiger partial charge in [-0.1, -0.05) is 30.3 Å². The summed E-state index contributed by atoms with van der Waals surface area (Å²) in [7, 11) is 2.94. The fourth-order valence-corrected chi connectivity index (χ4v) is 4.31. The number of phenolic OH excluding ortho intramolecular Hbond substituents is 2. The number of methoxy groups -OCH3 is 2. The van der Waals surface area contributed by atoms with Crippen molar-refractivity contribution in [3.8, 4) is 23.0 Å². The minimum absolute atomic E-state index is 0.00855. The third-order valence-electron chi connectivity index (χ3n) is 5.71. The van der Waals surface area contributed by atoms with Gasteiger partial charge in [0.15, 0.2) is 23.0 Å². The number of nitrogens with zero attached hydrogens (tertiary/aromatic N) is 1. The molecule has 3 aromatic carbocycles. The summed E-state index contributed by atoms with van der Waals surface area (Å²) in [5.41, 5.74) is 1.76. The number of hydrogen-bond donors (Lipinski definition) is 2. The highest BCUT2D eigenvalue weighted by molar-refractivity contribution is 6.13. The molecule has 4 rings (SSSR count). The van der Waals surface area contributed by atoms with Crippen molar-refractivity contribution in [3.63, 3.8) is 0 Å². The lowest BCUT2D eigenvalue weighted by molar-refractivity contribution is -0.120. The highest BCUT2D eigenvalue weighted by Gasteiger charge is 2.53. The van der Waals surface area contributed by atoms with Gasteiger partial charge in [0.05, 0.1) is 14.2 Å². The fourth-order valence-electron chi connectivity index (χ4n) is 4.31. The number of anilines is 1. The van der Waals surface area contributed by atoms with Crippen molar-refractivity contribution in [3.05, 3.63) is 77.4 Å². The van der Waals surface area contributed by atoms with Gasteiger partial charge in [-0.2, -0.15) is 0 Å². The zero-order valence-corrected chi connectivity index (χ0v) is 17.0. The molecule has 6 nitrogen and oxygen atoms in total. The maximum absolute atomic E-state index is 14.0. The summed E-state index contributed by atoms with van der Waals surface area (Å²) >= 11 is 0. The van der Waals surface area contributed by atoms with Crippen LogP contribution in [0.1, 0.15) is 23.6 Å². The number of carbonyl (C=O) groups is 1. The molecule has 0 aliphatic carbocycles. The van der Waals surface area contributed by atoms with E-state index < -0.39 is 5.41 Å². The lowest BCUT2D eigenvalue weighted by Gasteiger charge is -2.31. The van der Waals surface area contributed by atoms with Crippen LogP contribution < -0.4 is 14.4 Å². The zero-order valence-electron chi connectivity index (χ0n) is 17.0. The number of fused-ring (bicyclic) bond motifs is 1. The third-order valence-corrected chi connectivity index (χ3v) is 5.71. The summed E-state index contributed by atoms with van der Waals surface area (Å²) < 4.78 is 10.7. The van der Waals surface area contributed by atoms with Crippen molar-refractivity contribution in [2.75, 3.05) is 25.7 Å². The minimum atomic E-state index is -1.19. The minimum Gasteiger partial charge on any atom is -0.504 e. The highest BCUT2D eigenvalue weighted by Crippen LogP contribution is 2.52. The molecule has 0 spiro atoms. The number of carbonyl (C=O) groups excluding carboxylic acids is 1. The number of para-hydroxylation sites is 1. The van der Waals surface area contributed by atoms with Gasteiger partial charge in [0.2, 0.25) is 5.91 Å². The SMILES string of the molecule is CCN1C(=O)C(c2ccc(O)c(OC)c2)(c2ccc(O)c(OC)c2)c2ccccc21. The van der Waals surface area contributed by atoms with Crippen LogP contribution in [0.25, 0.3) is 0 Å². The summed E-state index contributed by atoms with van der Waals surface area (Å²) in [6.45, 7) is 2.43. The van der Waals surface area contributed by atoms with Crippen LogP contribution in [-0.4, -0.2) is 36.9 Å². The average Bonchev–Trinajstić information content (AvgIpc) is 3.03. The van der Waals surface area contributed by atoms with Crippen molar-refractivity contribution in [1.29, 1.82) is 0 Å². The Hall–Kier alpha value is -3.67. The van der Waals surface area contributed by atoms with E-state index in [1.165, 1.54) is 26.4 Å². The first kappa shape index (κ1) is 19.6. The van der Waals surface area contributed by atoms with Crippen molar-refractivity contribution in [2.24, 2.45) is 0 Å². The normalized spacial score (nSPS) is 14.5. The molecule has 0 fully saturated rings. The van der Waals surface area contributed by atoms with E-state index in [-0.39, 0.29) is 28.9 Å². The molecule has 2 N–H and O–H groups in total. The summed E-state index contributed by atoms with van der Waals surface area (Å²) in [5.74, 6) is 0.416. The van der Waals surface area contributed by atoms with Crippen molar-refractivity contribution >= 4 is 11.6 Å². The maximum atomic E-state index is 14.0. The van der Waals surface area contributed by atoms with Crippen LogP contribution in [0.5, 0.6) is 23.0 Å². The number of benzene rings is 3. The van der Waals surface area contributed by atoms with Gasteiger partial charge < -0.3 is 24.6 Å². The Morgan fingerprint density at radius 3 is 1.90 bits per heavy atom. The first-order valence-corrected chi connectivity index (χ1v) is 9.65.